The minimum absolute atomic E-state index is 0.199. The number of rotatable bonds is 3. The van der Waals surface area contributed by atoms with Gasteiger partial charge in [0.25, 0.3) is 0 Å². The van der Waals surface area contributed by atoms with Gasteiger partial charge in [-0.2, -0.15) is 0 Å². The molecule has 1 heterocycles. The Labute approximate surface area is 132 Å². The van der Waals surface area contributed by atoms with E-state index < -0.39 is 5.63 Å². The molecule has 116 valence electrons. The summed E-state index contributed by atoms with van der Waals surface area (Å²) in [5.41, 5.74) is 3.52. The number of hydrogen-bond donors (Lipinski definition) is 0. The van der Waals surface area contributed by atoms with Crippen LogP contribution in [0.25, 0.3) is 11.0 Å². The smallest absolute Gasteiger partial charge is 0.336 e. The normalized spacial score (nSPS) is 13.3. The van der Waals surface area contributed by atoms with Gasteiger partial charge in [-0.25, -0.2) is 9.18 Å². The van der Waals surface area contributed by atoms with Gasteiger partial charge in [0.15, 0.2) is 0 Å². The molecule has 0 spiro atoms. The average molecular weight is 310 g/mol. The summed E-state index contributed by atoms with van der Waals surface area (Å²) in [6.07, 6.45) is 3.21. The first-order chi connectivity index (χ1) is 11.2. The third-order valence-electron chi connectivity index (χ3n) is 4.23. The topological polar surface area (TPSA) is 39.4 Å². The van der Waals surface area contributed by atoms with E-state index in [4.69, 9.17) is 9.15 Å². The molecule has 0 saturated heterocycles. The highest BCUT2D eigenvalue weighted by Crippen LogP contribution is 2.29. The summed E-state index contributed by atoms with van der Waals surface area (Å²) in [5, 5.41) is 0.890. The Morgan fingerprint density at radius 1 is 1.09 bits per heavy atom. The van der Waals surface area contributed by atoms with Gasteiger partial charge < -0.3 is 9.15 Å². The largest absolute Gasteiger partial charge is 0.489 e. The minimum Gasteiger partial charge on any atom is -0.489 e. The van der Waals surface area contributed by atoms with E-state index in [-0.39, 0.29) is 12.4 Å². The van der Waals surface area contributed by atoms with Crippen LogP contribution in [0.1, 0.15) is 23.1 Å². The summed E-state index contributed by atoms with van der Waals surface area (Å²) >= 11 is 0. The van der Waals surface area contributed by atoms with Gasteiger partial charge >= 0.3 is 5.63 Å². The minimum atomic E-state index is -0.395. The van der Waals surface area contributed by atoms with Crippen LogP contribution < -0.4 is 10.4 Å². The average Bonchev–Trinajstić information content (AvgIpc) is 2.98. The molecule has 0 bridgehead atoms. The van der Waals surface area contributed by atoms with Gasteiger partial charge in [0.2, 0.25) is 0 Å². The standard InChI is InChI=1S/C19H15FO3/c20-15-5-2-6-16(10-15)22-11-14-9-19(21)23-18-8-13-4-1-3-12(13)7-17(14)18/h2,5-10H,1,3-4,11H2. The van der Waals surface area contributed by atoms with Gasteiger partial charge in [0, 0.05) is 23.1 Å². The number of hydrogen-bond acceptors (Lipinski definition) is 3. The molecule has 0 N–H and O–H groups in total. The summed E-state index contributed by atoms with van der Waals surface area (Å²) in [6, 6.07) is 11.5. The second kappa shape index (κ2) is 5.54. The van der Waals surface area contributed by atoms with E-state index in [0.29, 0.717) is 11.3 Å². The van der Waals surface area contributed by atoms with Crippen LogP contribution in [-0.4, -0.2) is 0 Å². The van der Waals surface area contributed by atoms with Crippen molar-refractivity contribution in [3.05, 3.63) is 75.4 Å². The molecule has 0 atom stereocenters. The number of aryl methyl sites for hydroxylation is 2. The van der Waals surface area contributed by atoms with Gasteiger partial charge in [-0.3, -0.25) is 0 Å². The van der Waals surface area contributed by atoms with E-state index >= 15 is 0 Å². The third-order valence-corrected chi connectivity index (χ3v) is 4.23. The van der Waals surface area contributed by atoms with Crippen molar-refractivity contribution in [1.29, 1.82) is 0 Å². The third kappa shape index (κ3) is 2.72. The quantitative estimate of drug-likeness (QED) is 0.686. The van der Waals surface area contributed by atoms with Crippen molar-refractivity contribution in [3.63, 3.8) is 0 Å². The highest BCUT2D eigenvalue weighted by Gasteiger charge is 2.15. The van der Waals surface area contributed by atoms with Crippen molar-refractivity contribution >= 4 is 11.0 Å². The summed E-state index contributed by atoms with van der Waals surface area (Å²) in [4.78, 5) is 11.8. The second-order valence-corrected chi connectivity index (χ2v) is 5.81. The molecule has 0 aliphatic heterocycles. The molecule has 0 saturated carbocycles. The van der Waals surface area contributed by atoms with Crippen LogP contribution in [-0.2, 0) is 19.4 Å². The number of ether oxygens (including phenoxy) is 1. The van der Waals surface area contributed by atoms with Crippen molar-refractivity contribution in [2.45, 2.75) is 25.9 Å². The lowest BCUT2D eigenvalue weighted by Gasteiger charge is -2.10. The van der Waals surface area contributed by atoms with E-state index in [1.807, 2.05) is 6.07 Å². The Bertz CT molecular complexity index is 943. The van der Waals surface area contributed by atoms with Crippen molar-refractivity contribution < 1.29 is 13.5 Å². The molecule has 23 heavy (non-hydrogen) atoms. The predicted octanol–water partition coefficient (Wildman–Crippen LogP) is 4.00. The van der Waals surface area contributed by atoms with Gasteiger partial charge in [-0.15, -0.1) is 0 Å². The lowest BCUT2D eigenvalue weighted by atomic mass is 10.0. The SMILES string of the molecule is O=c1cc(COc2cccc(F)c2)c2cc3c(cc2o1)CCC3. The van der Waals surface area contributed by atoms with E-state index in [1.165, 1.54) is 29.3 Å². The Balaban J connectivity index is 1.72. The van der Waals surface area contributed by atoms with Gasteiger partial charge in [0.1, 0.15) is 23.8 Å². The Morgan fingerprint density at radius 2 is 1.91 bits per heavy atom. The van der Waals surface area contributed by atoms with Crippen LogP contribution in [0.5, 0.6) is 5.75 Å². The molecule has 1 aliphatic carbocycles. The molecule has 1 aliphatic rings. The number of fused-ring (bicyclic) bond motifs is 2. The Hall–Kier alpha value is -2.62. The van der Waals surface area contributed by atoms with Crippen molar-refractivity contribution in [3.8, 4) is 5.75 Å². The molecule has 3 aromatic rings. The van der Waals surface area contributed by atoms with E-state index in [0.717, 1.165) is 30.2 Å². The monoisotopic (exact) mass is 310 g/mol. The lowest BCUT2D eigenvalue weighted by molar-refractivity contribution is 0.305. The Morgan fingerprint density at radius 3 is 2.74 bits per heavy atom. The van der Waals surface area contributed by atoms with Crippen molar-refractivity contribution in [2.24, 2.45) is 0 Å². The Kier molecular flexibility index (Phi) is 3.37. The van der Waals surface area contributed by atoms with Gasteiger partial charge in [-0.05, 0) is 54.7 Å². The van der Waals surface area contributed by atoms with Crippen LogP contribution in [0.3, 0.4) is 0 Å². The summed E-state index contributed by atoms with van der Waals surface area (Å²) in [7, 11) is 0. The second-order valence-electron chi connectivity index (χ2n) is 5.81. The molecule has 0 amide bonds. The van der Waals surface area contributed by atoms with E-state index in [1.54, 1.807) is 12.1 Å². The first-order valence-electron chi connectivity index (χ1n) is 7.66. The first kappa shape index (κ1) is 14.0. The molecule has 0 unspecified atom stereocenters. The highest BCUT2D eigenvalue weighted by atomic mass is 19.1. The van der Waals surface area contributed by atoms with E-state index in [2.05, 4.69) is 6.07 Å². The molecule has 1 aromatic heterocycles. The maximum absolute atomic E-state index is 13.2. The highest BCUT2D eigenvalue weighted by molar-refractivity contribution is 5.82. The fourth-order valence-electron chi connectivity index (χ4n) is 3.13. The summed E-state index contributed by atoms with van der Waals surface area (Å²) < 4.78 is 24.2. The molecule has 4 rings (SSSR count). The van der Waals surface area contributed by atoms with E-state index in [9.17, 15) is 9.18 Å². The zero-order valence-electron chi connectivity index (χ0n) is 12.5. The molecule has 2 aromatic carbocycles. The predicted molar refractivity (Wildman–Crippen MR) is 85.2 cm³/mol. The van der Waals surface area contributed by atoms with Crippen LogP contribution >= 0.6 is 0 Å². The molecular weight excluding hydrogens is 295 g/mol. The van der Waals surface area contributed by atoms with Gasteiger partial charge in [-0.1, -0.05) is 6.07 Å². The molecular formula is C19H15FO3. The maximum Gasteiger partial charge on any atom is 0.336 e. The zero-order valence-corrected chi connectivity index (χ0v) is 12.5. The fraction of sp³-hybridized carbons (Fsp3) is 0.211. The van der Waals surface area contributed by atoms with Crippen molar-refractivity contribution in [2.75, 3.05) is 0 Å². The van der Waals surface area contributed by atoms with Crippen LogP contribution in [0.4, 0.5) is 4.39 Å². The van der Waals surface area contributed by atoms with Crippen LogP contribution in [0, 0.1) is 5.82 Å². The lowest BCUT2D eigenvalue weighted by Crippen LogP contribution is -2.04. The maximum atomic E-state index is 13.2. The molecule has 0 fully saturated rings. The first-order valence-corrected chi connectivity index (χ1v) is 7.66. The van der Waals surface area contributed by atoms with Crippen LogP contribution in [0.2, 0.25) is 0 Å². The van der Waals surface area contributed by atoms with Crippen molar-refractivity contribution in [1.82, 2.24) is 0 Å². The van der Waals surface area contributed by atoms with Crippen LogP contribution in [0.15, 0.2) is 51.7 Å². The number of benzene rings is 2. The summed E-state index contributed by atoms with van der Waals surface area (Å²) in [5.74, 6) is 0.0882. The molecule has 4 heteroatoms. The summed E-state index contributed by atoms with van der Waals surface area (Å²) in [6.45, 7) is 0.199. The molecule has 0 radical (unpaired) electrons. The number of halogens is 1. The fourth-order valence-corrected chi connectivity index (χ4v) is 3.13. The molecule has 3 nitrogen and oxygen atoms in total. The zero-order chi connectivity index (χ0) is 15.8. The van der Waals surface area contributed by atoms with Gasteiger partial charge in [0.05, 0.1) is 0 Å².